The first-order chi connectivity index (χ1) is 8.49. The van der Waals surface area contributed by atoms with E-state index in [-0.39, 0.29) is 5.43 Å². The van der Waals surface area contributed by atoms with Crippen LogP contribution in [-0.4, -0.2) is 4.98 Å². The van der Waals surface area contributed by atoms with Crippen LogP contribution in [-0.2, 0) is 6.42 Å². The molecule has 0 bridgehead atoms. The van der Waals surface area contributed by atoms with Gasteiger partial charge in [0.2, 0.25) is 0 Å². The Labute approximate surface area is 120 Å². The second-order valence-corrected chi connectivity index (χ2v) is 5.22. The Balaban J connectivity index is 2.50. The number of rotatable bonds is 2. The first kappa shape index (κ1) is 13.5. The minimum Gasteiger partial charge on any atom is -0.365 e. The van der Waals surface area contributed by atoms with E-state index in [4.69, 9.17) is 34.8 Å². The summed E-state index contributed by atoms with van der Waals surface area (Å²) in [6.45, 7) is 1.84. The van der Waals surface area contributed by atoms with E-state index >= 15 is 0 Å². The maximum absolute atomic E-state index is 11.8. The van der Waals surface area contributed by atoms with Crippen LogP contribution >= 0.6 is 34.8 Å². The molecule has 1 aromatic carbocycles. The van der Waals surface area contributed by atoms with Gasteiger partial charge in [-0.2, -0.15) is 0 Å². The molecule has 2 aromatic rings. The maximum atomic E-state index is 11.8. The minimum absolute atomic E-state index is 0.0340. The van der Waals surface area contributed by atoms with E-state index in [1.807, 2.05) is 6.92 Å². The van der Waals surface area contributed by atoms with Crippen LogP contribution in [0.5, 0.6) is 0 Å². The van der Waals surface area contributed by atoms with Gasteiger partial charge in [-0.3, -0.25) is 4.79 Å². The molecule has 94 valence electrons. The number of pyridine rings is 1. The predicted molar refractivity (Wildman–Crippen MR) is 76.1 cm³/mol. The Hall–Kier alpha value is -0.960. The van der Waals surface area contributed by atoms with Gasteiger partial charge in [-0.05, 0) is 24.6 Å². The van der Waals surface area contributed by atoms with Crippen molar-refractivity contribution in [2.75, 3.05) is 0 Å². The smallest absolute Gasteiger partial charge is 0.185 e. The van der Waals surface area contributed by atoms with Gasteiger partial charge in [-0.1, -0.05) is 34.8 Å². The highest BCUT2D eigenvalue weighted by Crippen LogP contribution is 2.30. The van der Waals surface area contributed by atoms with Crippen LogP contribution in [0.1, 0.15) is 16.8 Å². The van der Waals surface area contributed by atoms with E-state index in [0.29, 0.717) is 32.6 Å². The fourth-order valence-electron chi connectivity index (χ4n) is 1.75. The zero-order chi connectivity index (χ0) is 13.3. The van der Waals surface area contributed by atoms with Crippen molar-refractivity contribution in [3.63, 3.8) is 0 Å². The zero-order valence-corrected chi connectivity index (χ0v) is 11.8. The van der Waals surface area contributed by atoms with Gasteiger partial charge in [0.15, 0.2) is 5.43 Å². The number of aromatic amines is 1. The maximum Gasteiger partial charge on any atom is 0.185 e. The highest BCUT2D eigenvalue weighted by molar-refractivity contribution is 6.39. The average molecular weight is 303 g/mol. The standard InChI is InChI=1S/C13H10Cl3NO/c1-7-9(13(18)2-3-17-7)6-10-11(15)4-8(14)5-12(10)16/h2-5H,6H2,1H3,(H,17,18). The van der Waals surface area contributed by atoms with Gasteiger partial charge in [-0.15, -0.1) is 0 Å². The predicted octanol–water partition coefficient (Wildman–Crippen LogP) is 4.23. The average Bonchev–Trinajstić information content (AvgIpc) is 2.26. The number of aromatic nitrogens is 1. The molecule has 2 nitrogen and oxygen atoms in total. The number of halogens is 3. The number of benzene rings is 1. The summed E-state index contributed by atoms with van der Waals surface area (Å²) in [6, 6.07) is 4.73. The summed E-state index contributed by atoms with van der Waals surface area (Å²) in [5.74, 6) is 0. The molecule has 0 saturated heterocycles. The summed E-state index contributed by atoms with van der Waals surface area (Å²) in [7, 11) is 0. The molecule has 0 aliphatic carbocycles. The second kappa shape index (κ2) is 5.35. The second-order valence-electron chi connectivity index (χ2n) is 3.97. The number of hydrogen-bond donors (Lipinski definition) is 1. The lowest BCUT2D eigenvalue weighted by molar-refractivity contribution is 1.06. The minimum atomic E-state index is -0.0340. The largest absolute Gasteiger partial charge is 0.365 e. The van der Waals surface area contributed by atoms with Gasteiger partial charge in [0.25, 0.3) is 0 Å². The summed E-state index contributed by atoms with van der Waals surface area (Å²) in [6.07, 6.45) is 2.00. The lowest BCUT2D eigenvalue weighted by atomic mass is 10.0. The molecule has 0 saturated carbocycles. The van der Waals surface area contributed by atoms with Gasteiger partial charge >= 0.3 is 0 Å². The van der Waals surface area contributed by atoms with Crippen molar-refractivity contribution in [3.8, 4) is 0 Å². The Morgan fingerprint density at radius 1 is 1.11 bits per heavy atom. The summed E-state index contributed by atoms with van der Waals surface area (Å²) < 4.78 is 0. The van der Waals surface area contributed by atoms with Gasteiger partial charge in [-0.25, -0.2) is 0 Å². The van der Waals surface area contributed by atoms with E-state index < -0.39 is 0 Å². The SMILES string of the molecule is Cc1[nH]ccc(=O)c1Cc1c(Cl)cc(Cl)cc1Cl. The molecule has 18 heavy (non-hydrogen) atoms. The zero-order valence-electron chi connectivity index (χ0n) is 9.56. The molecule has 0 spiro atoms. The van der Waals surface area contributed by atoms with E-state index in [0.717, 1.165) is 5.69 Å². The summed E-state index contributed by atoms with van der Waals surface area (Å²) in [5.41, 5.74) is 2.14. The van der Waals surface area contributed by atoms with E-state index in [9.17, 15) is 4.79 Å². The van der Waals surface area contributed by atoms with Crippen molar-refractivity contribution in [1.82, 2.24) is 4.98 Å². The molecular formula is C13H10Cl3NO. The van der Waals surface area contributed by atoms with Gasteiger partial charge in [0.1, 0.15) is 0 Å². The Morgan fingerprint density at radius 3 is 2.28 bits per heavy atom. The van der Waals surface area contributed by atoms with Crippen molar-refractivity contribution < 1.29 is 0 Å². The van der Waals surface area contributed by atoms with E-state index in [2.05, 4.69) is 4.98 Å². The molecule has 0 aliphatic rings. The van der Waals surface area contributed by atoms with Crippen molar-refractivity contribution in [3.05, 3.63) is 66.5 Å². The molecule has 1 heterocycles. The number of hydrogen-bond acceptors (Lipinski definition) is 1. The molecule has 5 heteroatoms. The molecule has 0 radical (unpaired) electrons. The molecule has 0 atom stereocenters. The number of aryl methyl sites for hydroxylation is 1. The van der Waals surface area contributed by atoms with Crippen LogP contribution < -0.4 is 5.43 Å². The van der Waals surface area contributed by atoms with Crippen LogP contribution in [0.3, 0.4) is 0 Å². The topological polar surface area (TPSA) is 32.9 Å². The number of H-pyrrole nitrogens is 1. The Kier molecular flexibility index (Phi) is 4.00. The van der Waals surface area contributed by atoms with Crippen LogP contribution in [0.15, 0.2) is 29.2 Å². The van der Waals surface area contributed by atoms with Crippen LogP contribution in [0.25, 0.3) is 0 Å². The molecule has 0 fully saturated rings. The molecular weight excluding hydrogens is 293 g/mol. The third kappa shape index (κ3) is 2.72. The molecule has 0 unspecified atom stereocenters. The fraction of sp³-hybridized carbons (Fsp3) is 0.154. The van der Waals surface area contributed by atoms with Crippen LogP contribution in [0, 0.1) is 6.92 Å². The highest BCUT2D eigenvalue weighted by Gasteiger charge is 2.12. The van der Waals surface area contributed by atoms with Crippen molar-refractivity contribution >= 4 is 34.8 Å². The quantitative estimate of drug-likeness (QED) is 0.884. The lowest BCUT2D eigenvalue weighted by Gasteiger charge is -2.09. The lowest BCUT2D eigenvalue weighted by Crippen LogP contribution is -2.11. The summed E-state index contributed by atoms with van der Waals surface area (Å²) >= 11 is 18.1. The third-order valence-electron chi connectivity index (χ3n) is 2.74. The summed E-state index contributed by atoms with van der Waals surface area (Å²) in [5, 5.41) is 1.41. The van der Waals surface area contributed by atoms with Gasteiger partial charge in [0.05, 0.1) is 0 Å². The fourth-order valence-corrected chi connectivity index (χ4v) is 2.70. The third-order valence-corrected chi connectivity index (χ3v) is 3.64. The molecule has 0 aliphatic heterocycles. The first-order valence-corrected chi connectivity index (χ1v) is 6.43. The van der Waals surface area contributed by atoms with Crippen molar-refractivity contribution in [2.45, 2.75) is 13.3 Å². The monoisotopic (exact) mass is 301 g/mol. The van der Waals surface area contributed by atoms with Gasteiger partial charge < -0.3 is 4.98 Å². The summed E-state index contributed by atoms with van der Waals surface area (Å²) in [4.78, 5) is 14.8. The molecule has 2 rings (SSSR count). The molecule has 1 N–H and O–H groups in total. The Morgan fingerprint density at radius 2 is 1.72 bits per heavy atom. The van der Waals surface area contributed by atoms with Crippen LogP contribution in [0.4, 0.5) is 0 Å². The van der Waals surface area contributed by atoms with E-state index in [1.165, 1.54) is 6.07 Å². The normalized spacial score (nSPS) is 10.7. The van der Waals surface area contributed by atoms with Crippen molar-refractivity contribution in [1.29, 1.82) is 0 Å². The highest BCUT2D eigenvalue weighted by atomic mass is 35.5. The van der Waals surface area contributed by atoms with E-state index in [1.54, 1.807) is 18.3 Å². The Bertz CT molecular complexity index is 626. The van der Waals surface area contributed by atoms with Crippen molar-refractivity contribution in [2.24, 2.45) is 0 Å². The van der Waals surface area contributed by atoms with Gasteiger partial charge in [0, 0.05) is 45.0 Å². The molecule has 1 aromatic heterocycles. The number of nitrogens with one attached hydrogen (secondary N) is 1. The molecule has 0 amide bonds. The van der Waals surface area contributed by atoms with Crippen LogP contribution in [0.2, 0.25) is 15.1 Å². The first-order valence-electron chi connectivity index (χ1n) is 5.29.